The Morgan fingerprint density at radius 3 is 2.56 bits per heavy atom. The maximum atomic E-state index is 11.8. The number of amides is 1. The van der Waals surface area contributed by atoms with Gasteiger partial charge in [-0.1, -0.05) is 56.5 Å². The Kier molecular flexibility index (Phi) is 7.51. The first-order valence-corrected chi connectivity index (χ1v) is 7.21. The molecule has 1 amide bonds. The minimum atomic E-state index is -0.0773. The average Bonchev–Trinajstić information content (AvgIpc) is 2.42. The molecule has 1 rings (SSSR count). The molecule has 0 aliphatic carbocycles. The zero-order valence-corrected chi connectivity index (χ0v) is 11.7. The number of halogens is 1. The van der Waals surface area contributed by atoms with Gasteiger partial charge in [0.25, 0.3) is 0 Å². The van der Waals surface area contributed by atoms with Crippen molar-refractivity contribution in [3.63, 3.8) is 0 Å². The van der Waals surface area contributed by atoms with Gasteiger partial charge in [-0.25, -0.2) is 0 Å². The summed E-state index contributed by atoms with van der Waals surface area (Å²) in [7, 11) is 0. The van der Waals surface area contributed by atoms with E-state index >= 15 is 0 Å². The van der Waals surface area contributed by atoms with E-state index in [2.05, 4.69) is 12.2 Å². The number of nitrogens with one attached hydrogen (secondary N) is 1. The second kappa shape index (κ2) is 8.98. The molecule has 0 saturated carbocycles. The zero-order valence-electron chi connectivity index (χ0n) is 11.0. The van der Waals surface area contributed by atoms with Crippen molar-refractivity contribution in [3.8, 4) is 0 Å². The fourth-order valence-electron chi connectivity index (χ4n) is 1.88. The normalized spacial score (nSPS) is 12.1. The van der Waals surface area contributed by atoms with Crippen molar-refractivity contribution < 1.29 is 4.79 Å². The van der Waals surface area contributed by atoms with Crippen LogP contribution in [0, 0.1) is 0 Å². The van der Waals surface area contributed by atoms with Crippen LogP contribution < -0.4 is 5.32 Å². The van der Waals surface area contributed by atoms with Gasteiger partial charge in [-0.05, 0) is 12.0 Å². The Bertz CT molecular complexity index is 340. The second-order valence-corrected chi connectivity index (χ2v) is 4.80. The van der Waals surface area contributed by atoms with Crippen molar-refractivity contribution >= 4 is 17.5 Å². The molecule has 1 aromatic carbocycles. The topological polar surface area (TPSA) is 29.1 Å². The number of carbonyl (C=O) groups excluding carboxylic acids is 1. The van der Waals surface area contributed by atoms with Crippen molar-refractivity contribution in [1.82, 2.24) is 5.32 Å². The lowest BCUT2D eigenvalue weighted by Crippen LogP contribution is -2.29. The van der Waals surface area contributed by atoms with Crippen LogP contribution in [-0.2, 0) is 4.79 Å². The molecule has 0 saturated heterocycles. The van der Waals surface area contributed by atoms with Gasteiger partial charge < -0.3 is 5.32 Å². The Labute approximate surface area is 115 Å². The van der Waals surface area contributed by atoms with Crippen molar-refractivity contribution in [1.29, 1.82) is 0 Å². The summed E-state index contributed by atoms with van der Waals surface area (Å²) in [5.41, 5.74) is 1.06. The summed E-state index contributed by atoms with van der Waals surface area (Å²) < 4.78 is 0. The van der Waals surface area contributed by atoms with Crippen LogP contribution >= 0.6 is 11.6 Å². The van der Waals surface area contributed by atoms with Crippen LogP contribution in [-0.4, -0.2) is 11.8 Å². The number of hydrogen-bond donors (Lipinski definition) is 1. The van der Waals surface area contributed by atoms with E-state index in [0.29, 0.717) is 12.3 Å². The van der Waals surface area contributed by atoms with Gasteiger partial charge in [0.1, 0.15) is 0 Å². The lowest BCUT2D eigenvalue weighted by molar-refractivity contribution is -0.121. The molecule has 3 heteroatoms. The molecule has 0 spiro atoms. The molecule has 1 N–H and O–H groups in total. The predicted octanol–water partition coefficient (Wildman–Crippen LogP) is 4.05. The molecular weight excluding hydrogens is 246 g/mol. The number of alkyl halides is 1. The molecule has 0 aliphatic heterocycles. The SMILES string of the molecule is CCCCCCC(=O)NC(CCl)c1ccccc1. The molecule has 0 aromatic heterocycles. The van der Waals surface area contributed by atoms with Crippen LogP contribution in [0.2, 0.25) is 0 Å². The van der Waals surface area contributed by atoms with Crippen molar-refractivity contribution in [2.75, 3.05) is 5.88 Å². The van der Waals surface area contributed by atoms with E-state index in [4.69, 9.17) is 11.6 Å². The van der Waals surface area contributed by atoms with Crippen LogP contribution in [0.15, 0.2) is 30.3 Å². The Balaban J connectivity index is 2.37. The molecule has 1 unspecified atom stereocenters. The minimum absolute atomic E-state index is 0.0773. The summed E-state index contributed by atoms with van der Waals surface area (Å²) >= 11 is 5.92. The van der Waals surface area contributed by atoms with E-state index in [9.17, 15) is 4.79 Å². The number of benzene rings is 1. The summed E-state index contributed by atoms with van der Waals surface area (Å²) in [5.74, 6) is 0.505. The third-order valence-electron chi connectivity index (χ3n) is 2.95. The average molecular weight is 268 g/mol. The van der Waals surface area contributed by atoms with Crippen molar-refractivity contribution in [2.45, 2.75) is 45.1 Å². The van der Waals surface area contributed by atoms with Gasteiger partial charge in [-0.2, -0.15) is 0 Å². The molecule has 0 heterocycles. The van der Waals surface area contributed by atoms with Gasteiger partial charge in [0.15, 0.2) is 0 Å². The smallest absolute Gasteiger partial charge is 0.220 e. The molecule has 1 atom stereocenters. The molecular formula is C15H22ClNO. The van der Waals surface area contributed by atoms with Crippen LogP contribution in [0.25, 0.3) is 0 Å². The first kappa shape index (κ1) is 15.0. The summed E-state index contributed by atoms with van der Waals surface area (Å²) in [6.07, 6.45) is 5.07. The molecule has 0 bridgehead atoms. The zero-order chi connectivity index (χ0) is 13.2. The largest absolute Gasteiger partial charge is 0.348 e. The lowest BCUT2D eigenvalue weighted by atomic mass is 10.1. The summed E-state index contributed by atoms with van der Waals surface area (Å²) in [4.78, 5) is 11.8. The summed E-state index contributed by atoms with van der Waals surface area (Å²) in [5, 5.41) is 2.99. The highest BCUT2D eigenvalue weighted by Crippen LogP contribution is 2.14. The number of unbranched alkanes of at least 4 members (excludes halogenated alkanes) is 3. The Hall–Kier alpha value is -1.02. The number of hydrogen-bond acceptors (Lipinski definition) is 1. The fraction of sp³-hybridized carbons (Fsp3) is 0.533. The standard InChI is InChI=1S/C15H22ClNO/c1-2-3-4-8-11-15(18)17-14(12-16)13-9-6-5-7-10-13/h5-7,9-10,14H,2-4,8,11-12H2,1H3,(H,17,18). The van der Waals surface area contributed by atoms with Gasteiger partial charge in [0.05, 0.1) is 6.04 Å². The van der Waals surface area contributed by atoms with E-state index < -0.39 is 0 Å². The minimum Gasteiger partial charge on any atom is -0.348 e. The van der Waals surface area contributed by atoms with Crippen LogP contribution in [0.1, 0.15) is 50.6 Å². The molecule has 1 aromatic rings. The third-order valence-corrected chi connectivity index (χ3v) is 3.26. The fourth-order valence-corrected chi connectivity index (χ4v) is 2.13. The van der Waals surface area contributed by atoms with Crippen molar-refractivity contribution in [2.24, 2.45) is 0 Å². The van der Waals surface area contributed by atoms with E-state index in [1.807, 2.05) is 30.3 Å². The van der Waals surface area contributed by atoms with Gasteiger partial charge in [-0.15, -0.1) is 11.6 Å². The predicted molar refractivity (Wildman–Crippen MR) is 76.8 cm³/mol. The van der Waals surface area contributed by atoms with Crippen LogP contribution in [0.3, 0.4) is 0 Å². The maximum absolute atomic E-state index is 11.8. The summed E-state index contributed by atoms with van der Waals surface area (Å²) in [6, 6.07) is 9.78. The molecule has 0 fully saturated rings. The lowest BCUT2D eigenvalue weighted by Gasteiger charge is -2.16. The quantitative estimate of drug-likeness (QED) is 0.559. The molecule has 2 nitrogen and oxygen atoms in total. The van der Waals surface area contributed by atoms with Gasteiger partial charge in [0, 0.05) is 12.3 Å². The van der Waals surface area contributed by atoms with Crippen LogP contribution in [0.5, 0.6) is 0 Å². The Morgan fingerprint density at radius 2 is 1.94 bits per heavy atom. The Morgan fingerprint density at radius 1 is 1.22 bits per heavy atom. The first-order valence-electron chi connectivity index (χ1n) is 6.68. The molecule has 0 aliphatic rings. The monoisotopic (exact) mass is 267 g/mol. The van der Waals surface area contributed by atoms with Gasteiger partial charge in [-0.3, -0.25) is 4.79 Å². The molecule has 18 heavy (non-hydrogen) atoms. The first-order chi connectivity index (χ1) is 8.77. The van der Waals surface area contributed by atoms with E-state index in [0.717, 1.165) is 18.4 Å². The van der Waals surface area contributed by atoms with Gasteiger partial charge in [0.2, 0.25) is 5.91 Å². The number of rotatable bonds is 8. The highest BCUT2D eigenvalue weighted by Gasteiger charge is 2.12. The van der Waals surface area contributed by atoms with Crippen molar-refractivity contribution in [3.05, 3.63) is 35.9 Å². The summed E-state index contributed by atoms with van der Waals surface area (Å²) in [6.45, 7) is 2.17. The third kappa shape index (κ3) is 5.54. The molecule has 0 radical (unpaired) electrons. The van der Waals surface area contributed by atoms with Crippen LogP contribution in [0.4, 0.5) is 0 Å². The highest BCUT2D eigenvalue weighted by molar-refractivity contribution is 6.18. The van der Waals surface area contributed by atoms with E-state index in [1.54, 1.807) is 0 Å². The second-order valence-electron chi connectivity index (χ2n) is 4.50. The van der Waals surface area contributed by atoms with E-state index in [1.165, 1.54) is 12.8 Å². The highest BCUT2D eigenvalue weighted by atomic mass is 35.5. The van der Waals surface area contributed by atoms with Gasteiger partial charge >= 0.3 is 0 Å². The van der Waals surface area contributed by atoms with E-state index in [-0.39, 0.29) is 11.9 Å². The molecule has 100 valence electrons. The maximum Gasteiger partial charge on any atom is 0.220 e. The number of carbonyl (C=O) groups is 1.